The Balaban J connectivity index is 1.69. The van der Waals surface area contributed by atoms with Crippen LogP contribution in [0.15, 0.2) is 49.4 Å². The molecule has 0 bridgehead atoms. The molecular formula is C23H24FN7O2. The van der Waals surface area contributed by atoms with Crippen molar-refractivity contribution in [3.63, 3.8) is 0 Å². The van der Waals surface area contributed by atoms with Crippen LogP contribution in [0.3, 0.4) is 0 Å². The molecule has 9 nitrogen and oxygen atoms in total. The number of benzene rings is 1. The predicted molar refractivity (Wildman–Crippen MR) is 124 cm³/mol. The molecule has 0 spiro atoms. The zero-order chi connectivity index (χ0) is 23.7. The highest BCUT2D eigenvalue weighted by Gasteiger charge is 2.16. The molecule has 0 aliphatic rings. The number of hydrogen-bond acceptors (Lipinski definition) is 6. The lowest BCUT2D eigenvalue weighted by Crippen LogP contribution is -2.14. The number of carbonyl (C=O) groups is 1. The Bertz CT molecular complexity index is 1360. The molecule has 0 fully saturated rings. The molecule has 170 valence electrons. The molecule has 1 aromatic carbocycles. The number of anilines is 3. The van der Waals surface area contributed by atoms with E-state index in [1.165, 1.54) is 6.08 Å². The average molecular weight is 449 g/mol. The molecule has 0 aliphatic heterocycles. The number of halogens is 1. The third kappa shape index (κ3) is 4.46. The van der Waals surface area contributed by atoms with E-state index in [1.54, 1.807) is 40.7 Å². The van der Waals surface area contributed by atoms with Crippen molar-refractivity contribution in [1.29, 1.82) is 0 Å². The SMILES string of the molecule is C=CC(=O)Nc1ccc2c(c1)c(C)cn2-c1nc(Nc2cnn(CC(C)O)c2C)ncc1F. The van der Waals surface area contributed by atoms with Gasteiger partial charge in [-0.2, -0.15) is 10.1 Å². The Kier molecular flexibility index (Phi) is 5.93. The van der Waals surface area contributed by atoms with E-state index in [0.29, 0.717) is 17.9 Å². The molecular weight excluding hydrogens is 425 g/mol. The Labute approximate surface area is 189 Å². The summed E-state index contributed by atoms with van der Waals surface area (Å²) in [5, 5.41) is 20.5. The van der Waals surface area contributed by atoms with Gasteiger partial charge in [0.1, 0.15) is 0 Å². The lowest BCUT2D eigenvalue weighted by Gasteiger charge is -2.10. The van der Waals surface area contributed by atoms with Crippen LogP contribution in [-0.2, 0) is 11.3 Å². The molecule has 3 aromatic heterocycles. The van der Waals surface area contributed by atoms with Crippen molar-refractivity contribution in [2.75, 3.05) is 10.6 Å². The van der Waals surface area contributed by atoms with Gasteiger partial charge in [-0.05, 0) is 50.6 Å². The fourth-order valence-electron chi connectivity index (χ4n) is 3.55. The number of nitrogens with one attached hydrogen (secondary N) is 2. The van der Waals surface area contributed by atoms with Crippen LogP contribution in [0.5, 0.6) is 0 Å². The molecule has 4 aromatic rings. The summed E-state index contributed by atoms with van der Waals surface area (Å²) >= 11 is 0. The van der Waals surface area contributed by atoms with Crippen LogP contribution in [0.1, 0.15) is 18.2 Å². The fraction of sp³-hybridized carbons (Fsp3) is 0.217. The highest BCUT2D eigenvalue weighted by atomic mass is 19.1. The second-order valence-corrected chi connectivity index (χ2v) is 7.77. The molecule has 0 radical (unpaired) electrons. The smallest absolute Gasteiger partial charge is 0.247 e. The summed E-state index contributed by atoms with van der Waals surface area (Å²) in [6, 6.07) is 5.35. The van der Waals surface area contributed by atoms with Crippen LogP contribution >= 0.6 is 0 Å². The van der Waals surface area contributed by atoms with Gasteiger partial charge in [-0.3, -0.25) is 14.0 Å². The van der Waals surface area contributed by atoms with Crippen LogP contribution < -0.4 is 10.6 Å². The van der Waals surface area contributed by atoms with Crippen molar-refractivity contribution < 1.29 is 14.3 Å². The molecule has 0 saturated heterocycles. The molecule has 0 aliphatic carbocycles. The topological polar surface area (TPSA) is 110 Å². The van der Waals surface area contributed by atoms with Gasteiger partial charge in [0.25, 0.3) is 0 Å². The highest BCUT2D eigenvalue weighted by molar-refractivity contribution is 6.00. The van der Waals surface area contributed by atoms with Crippen molar-refractivity contribution in [1.82, 2.24) is 24.3 Å². The highest BCUT2D eigenvalue weighted by Crippen LogP contribution is 2.28. The largest absolute Gasteiger partial charge is 0.391 e. The summed E-state index contributed by atoms with van der Waals surface area (Å²) in [6.45, 7) is 9.24. The minimum absolute atomic E-state index is 0.0857. The molecule has 1 atom stereocenters. The van der Waals surface area contributed by atoms with Crippen molar-refractivity contribution in [3.8, 4) is 5.82 Å². The maximum atomic E-state index is 14.8. The number of aromatic nitrogens is 5. The first-order chi connectivity index (χ1) is 15.8. The first-order valence-electron chi connectivity index (χ1n) is 10.3. The molecule has 0 saturated carbocycles. The van der Waals surface area contributed by atoms with Gasteiger partial charge in [0.15, 0.2) is 11.6 Å². The van der Waals surface area contributed by atoms with Crippen LogP contribution in [0.4, 0.5) is 21.7 Å². The standard InChI is InChI=1S/C23H24FN7O2/c1-5-21(33)27-16-6-7-20-17(8-16)13(2)11-30(20)22-18(24)9-25-23(29-22)28-19-10-26-31(15(19)4)12-14(3)32/h5-11,14,32H,1,12H2,2-4H3,(H,27,33)(H,25,28,29). The van der Waals surface area contributed by atoms with Crippen LogP contribution in [0.25, 0.3) is 16.7 Å². The van der Waals surface area contributed by atoms with E-state index in [1.807, 2.05) is 19.9 Å². The number of aliphatic hydroxyl groups excluding tert-OH is 1. The van der Waals surface area contributed by atoms with Crippen molar-refractivity contribution in [2.24, 2.45) is 0 Å². The number of aliphatic hydroxyl groups is 1. The van der Waals surface area contributed by atoms with Crippen molar-refractivity contribution in [3.05, 3.63) is 66.5 Å². The van der Waals surface area contributed by atoms with E-state index >= 15 is 0 Å². The monoisotopic (exact) mass is 449 g/mol. The predicted octanol–water partition coefficient (Wildman–Crippen LogP) is 3.62. The molecule has 3 N–H and O–H groups in total. The van der Waals surface area contributed by atoms with Crippen molar-refractivity contribution in [2.45, 2.75) is 33.4 Å². The van der Waals surface area contributed by atoms with E-state index in [9.17, 15) is 14.3 Å². The van der Waals surface area contributed by atoms with E-state index in [0.717, 1.165) is 28.4 Å². The van der Waals surface area contributed by atoms with E-state index in [2.05, 4.69) is 32.3 Å². The zero-order valence-corrected chi connectivity index (χ0v) is 18.5. The lowest BCUT2D eigenvalue weighted by molar-refractivity contribution is -0.111. The fourth-order valence-corrected chi connectivity index (χ4v) is 3.55. The zero-order valence-electron chi connectivity index (χ0n) is 18.5. The maximum absolute atomic E-state index is 14.8. The van der Waals surface area contributed by atoms with Gasteiger partial charge in [0.2, 0.25) is 11.9 Å². The molecule has 33 heavy (non-hydrogen) atoms. The maximum Gasteiger partial charge on any atom is 0.247 e. The lowest BCUT2D eigenvalue weighted by atomic mass is 10.2. The van der Waals surface area contributed by atoms with E-state index < -0.39 is 11.9 Å². The number of fused-ring (bicyclic) bond motifs is 1. The number of nitrogens with zero attached hydrogens (tertiary/aromatic N) is 5. The third-order valence-corrected chi connectivity index (χ3v) is 5.20. The molecule has 1 unspecified atom stereocenters. The summed E-state index contributed by atoms with van der Waals surface area (Å²) in [6.07, 6.45) is 5.16. The first kappa shape index (κ1) is 22.2. The average Bonchev–Trinajstić information content (AvgIpc) is 3.28. The Morgan fingerprint density at radius 2 is 2.12 bits per heavy atom. The van der Waals surface area contributed by atoms with E-state index in [4.69, 9.17) is 0 Å². The quantitative estimate of drug-likeness (QED) is 0.372. The van der Waals surface area contributed by atoms with Gasteiger partial charge < -0.3 is 15.7 Å². The van der Waals surface area contributed by atoms with E-state index in [-0.39, 0.29) is 17.7 Å². The molecule has 1 amide bonds. The number of carbonyl (C=O) groups excluding carboxylic acids is 1. The Morgan fingerprint density at radius 1 is 1.33 bits per heavy atom. The number of aryl methyl sites for hydroxylation is 1. The van der Waals surface area contributed by atoms with Gasteiger partial charge in [0, 0.05) is 17.3 Å². The minimum Gasteiger partial charge on any atom is -0.391 e. The summed E-state index contributed by atoms with van der Waals surface area (Å²) in [7, 11) is 0. The Hall–Kier alpha value is -4.05. The second kappa shape index (κ2) is 8.83. The second-order valence-electron chi connectivity index (χ2n) is 7.77. The van der Waals surface area contributed by atoms with Crippen molar-refractivity contribution >= 4 is 34.1 Å². The van der Waals surface area contributed by atoms with Gasteiger partial charge in [-0.15, -0.1) is 0 Å². The number of rotatable bonds is 7. The summed E-state index contributed by atoms with van der Waals surface area (Å²) in [5.74, 6) is -0.595. The van der Waals surface area contributed by atoms with Gasteiger partial charge >= 0.3 is 0 Å². The first-order valence-corrected chi connectivity index (χ1v) is 10.3. The van der Waals surface area contributed by atoms with Crippen LogP contribution in [-0.4, -0.2) is 41.4 Å². The summed E-state index contributed by atoms with van der Waals surface area (Å²) in [5.41, 5.74) is 3.69. The van der Waals surface area contributed by atoms with Crippen LogP contribution in [0.2, 0.25) is 0 Å². The summed E-state index contributed by atoms with van der Waals surface area (Å²) in [4.78, 5) is 20.1. The Morgan fingerprint density at radius 3 is 2.85 bits per heavy atom. The summed E-state index contributed by atoms with van der Waals surface area (Å²) < 4.78 is 18.1. The number of hydrogen-bond donors (Lipinski definition) is 3. The van der Waals surface area contributed by atoms with Gasteiger partial charge in [0.05, 0.1) is 41.9 Å². The van der Waals surface area contributed by atoms with Gasteiger partial charge in [-0.25, -0.2) is 9.37 Å². The third-order valence-electron chi connectivity index (χ3n) is 5.20. The molecule has 4 rings (SSSR count). The normalized spacial score (nSPS) is 12.0. The number of amides is 1. The van der Waals surface area contributed by atoms with Gasteiger partial charge in [-0.1, -0.05) is 6.58 Å². The van der Waals surface area contributed by atoms with Crippen LogP contribution in [0, 0.1) is 19.7 Å². The molecule has 3 heterocycles. The minimum atomic E-state index is -0.581. The molecule has 10 heteroatoms.